The van der Waals surface area contributed by atoms with Crippen LogP contribution in [-0.2, 0) is 19.8 Å². The number of anilines is 1. The molecule has 8 rings (SSSR count). The number of likely N-dealkylation sites (N-methyl/N-ethyl adjacent to an activating group) is 1. The monoisotopic (exact) mass is 815 g/mol. The van der Waals surface area contributed by atoms with Crippen LogP contribution in [0.15, 0.2) is 142 Å². The molecule has 0 saturated carbocycles. The quantitative estimate of drug-likeness (QED) is 0.198. The zero-order chi connectivity index (χ0) is 41.4. The van der Waals surface area contributed by atoms with Gasteiger partial charge in [0.25, 0.3) is 0 Å². The van der Waals surface area contributed by atoms with Crippen molar-refractivity contribution in [3.8, 4) is 0 Å². The summed E-state index contributed by atoms with van der Waals surface area (Å²) in [4.78, 5) is 61.7. The molecule has 3 heterocycles. The molecule has 0 radical (unpaired) electrons. The van der Waals surface area contributed by atoms with Gasteiger partial charge < -0.3 is 4.90 Å². The molecule has 3 aliphatic rings. The highest BCUT2D eigenvalue weighted by molar-refractivity contribution is 6.32. The van der Waals surface area contributed by atoms with Gasteiger partial charge in [-0.1, -0.05) is 121 Å². The van der Waals surface area contributed by atoms with Crippen LogP contribution in [0.25, 0.3) is 5.70 Å². The average Bonchev–Trinajstić information content (AvgIpc) is 3.45. The summed E-state index contributed by atoms with van der Waals surface area (Å²) < 4.78 is 0. The van der Waals surface area contributed by atoms with Crippen LogP contribution in [0.5, 0.6) is 0 Å². The van der Waals surface area contributed by atoms with Gasteiger partial charge in [-0.2, -0.15) is 0 Å². The fourth-order valence-corrected chi connectivity index (χ4v) is 7.06. The number of halogens is 2. The van der Waals surface area contributed by atoms with Gasteiger partial charge in [0, 0.05) is 46.0 Å². The third-order valence-electron chi connectivity index (χ3n) is 9.71. The number of nitrogens with one attached hydrogen (secondary N) is 2. The molecule has 12 nitrogen and oxygen atoms in total. The first-order valence-electron chi connectivity index (χ1n) is 18.2. The van der Waals surface area contributed by atoms with Crippen molar-refractivity contribution in [1.82, 2.24) is 15.7 Å². The van der Waals surface area contributed by atoms with Gasteiger partial charge in [0.1, 0.15) is 18.9 Å². The molecule has 1 saturated heterocycles. The van der Waals surface area contributed by atoms with E-state index in [1.165, 1.54) is 5.06 Å². The van der Waals surface area contributed by atoms with Crippen molar-refractivity contribution in [3.63, 3.8) is 0 Å². The molecule has 5 aromatic rings. The minimum absolute atomic E-state index is 0.0282. The Bertz CT molecular complexity index is 2530. The summed E-state index contributed by atoms with van der Waals surface area (Å²) in [6.45, 7) is 2.11. The van der Waals surface area contributed by atoms with Crippen molar-refractivity contribution >= 4 is 69.9 Å². The maximum atomic E-state index is 12.0. The van der Waals surface area contributed by atoms with Gasteiger partial charge >= 0.3 is 6.03 Å². The summed E-state index contributed by atoms with van der Waals surface area (Å²) >= 11 is 12.2. The number of aliphatic imine (C=N–C) groups is 2. The highest BCUT2D eigenvalue weighted by atomic mass is 35.5. The lowest BCUT2D eigenvalue weighted by molar-refractivity contribution is -0.138. The maximum Gasteiger partial charge on any atom is 0.328 e. The molecule has 1 fully saturated rings. The summed E-state index contributed by atoms with van der Waals surface area (Å²) in [5.41, 5.74) is 4.36. The first-order valence-corrected chi connectivity index (χ1v) is 19.0. The van der Waals surface area contributed by atoms with Gasteiger partial charge in [0.2, 0.25) is 17.7 Å². The fraction of sp³-hybridized carbons (Fsp3) is 0.159. The minimum atomic E-state index is -1.31. The Balaban J connectivity index is 0.000000148. The highest BCUT2D eigenvalue weighted by Gasteiger charge is 2.50. The second kappa shape index (κ2) is 18.2. The molecule has 5 amide bonds. The van der Waals surface area contributed by atoms with E-state index in [-0.39, 0.29) is 19.0 Å². The normalized spacial score (nSPS) is 16.4. The number of hydroxylamine groups is 2. The average molecular weight is 817 g/mol. The third-order valence-corrected chi connectivity index (χ3v) is 10.2. The third kappa shape index (κ3) is 8.74. The summed E-state index contributed by atoms with van der Waals surface area (Å²) in [6.07, 6.45) is 0.294. The number of hydrogen-bond acceptors (Lipinski definition) is 8. The molecular formula is C44H39Cl2N7O5. The minimum Gasteiger partial charge on any atom is -0.313 e. The van der Waals surface area contributed by atoms with E-state index in [0.29, 0.717) is 33.6 Å². The van der Waals surface area contributed by atoms with Gasteiger partial charge in [0.15, 0.2) is 5.41 Å². The second-order valence-electron chi connectivity index (χ2n) is 13.2. The molecule has 0 aromatic heterocycles. The highest BCUT2D eigenvalue weighted by Crippen LogP contribution is 2.31. The Morgan fingerprint density at radius 1 is 0.776 bits per heavy atom. The summed E-state index contributed by atoms with van der Waals surface area (Å²) in [5, 5.41) is 18.7. The van der Waals surface area contributed by atoms with Gasteiger partial charge in [-0.05, 0) is 48.4 Å². The number of benzene rings is 5. The molecule has 14 heteroatoms. The van der Waals surface area contributed by atoms with E-state index in [4.69, 9.17) is 23.2 Å². The summed E-state index contributed by atoms with van der Waals surface area (Å²) in [7, 11) is 3.42. The SMILES string of the molecule is CCC1(c2ccccc2)C(=O)NC(=O)NC1=O.CN1C(=O)CN=C(c2ccccc2)c2cc(Cl)ccc21.CN=C1CN(O)C(c2ccccc2)=c2cc(Cl)ccc2=N1. The van der Waals surface area contributed by atoms with E-state index in [1.807, 2.05) is 84.9 Å². The fourth-order valence-electron chi connectivity index (χ4n) is 6.71. The van der Waals surface area contributed by atoms with Crippen molar-refractivity contribution in [2.75, 3.05) is 32.1 Å². The molecule has 58 heavy (non-hydrogen) atoms. The summed E-state index contributed by atoms with van der Waals surface area (Å²) in [6, 6.07) is 38.4. The van der Waals surface area contributed by atoms with Crippen molar-refractivity contribution in [2.45, 2.75) is 18.8 Å². The maximum absolute atomic E-state index is 12.0. The Morgan fingerprint density at radius 2 is 1.34 bits per heavy atom. The molecule has 5 aromatic carbocycles. The first-order chi connectivity index (χ1) is 28.0. The molecule has 0 unspecified atom stereocenters. The molecule has 0 spiro atoms. The van der Waals surface area contributed by atoms with Gasteiger partial charge in [0.05, 0.1) is 22.5 Å². The number of urea groups is 1. The lowest BCUT2D eigenvalue weighted by Crippen LogP contribution is -2.64. The molecule has 0 bridgehead atoms. The molecule has 294 valence electrons. The Hall–Kier alpha value is -6.47. The number of nitrogens with zero attached hydrogens (tertiary/aromatic N) is 5. The standard InChI is InChI=1S/C16H14ClN3O.C16H13ClN2O.C12H12N2O3/c1-18-15-10-20(21)16(11-5-3-2-4-6-11)13-9-12(17)7-8-14(13)19-15;1-19-14-8-7-12(17)9-13(14)16(18-10-15(19)20)11-5-3-2-4-6-11;1-2-12(8-6-4-3-5-7-8)9(15)13-11(17)14-10(12)16/h2-9,21H,10H2,1H3;2-9H,10H2,1H3;3-7H,2H2,1H3,(H2,13,14,15,16,17). The zero-order valence-electron chi connectivity index (χ0n) is 31.8. The van der Waals surface area contributed by atoms with E-state index in [1.54, 1.807) is 68.4 Å². The van der Waals surface area contributed by atoms with Crippen LogP contribution in [0.4, 0.5) is 10.5 Å². The Kier molecular flexibility index (Phi) is 12.9. The number of carbonyl (C=O) groups excluding carboxylic acids is 4. The number of amidine groups is 1. The van der Waals surface area contributed by atoms with Crippen LogP contribution in [-0.4, -0.2) is 72.8 Å². The van der Waals surface area contributed by atoms with E-state index in [2.05, 4.69) is 25.6 Å². The largest absolute Gasteiger partial charge is 0.328 e. The van der Waals surface area contributed by atoms with Crippen LogP contribution in [0.1, 0.15) is 35.6 Å². The lowest BCUT2D eigenvalue weighted by Gasteiger charge is -2.33. The molecule has 3 N–H and O–H groups in total. The second-order valence-corrected chi connectivity index (χ2v) is 14.1. The van der Waals surface area contributed by atoms with E-state index >= 15 is 0 Å². The zero-order valence-corrected chi connectivity index (χ0v) is 33.3. The van der Waals surface area contributed by atoms with Gasteiger partial charge in [-0.15, -0.1) is 0 Å². The van der Waals surface area contributed by atoms with Crippen molar-refractivity contribution in [1.29, 1.82) is 0 Å². The van der Waals surface area contributed by atoms with E-state index < -0.39 is 23.3 Å². The first kappa shape index (κ1) is 41.2. The Morgan fingerprint density at radius 3 is 1.95 bits per heavy atom. The van der Waals surface area contributed by atoms with Gasteiger partial charge in [-0.3, -0.25) is 40.2 Å². The molecule has 3 aliphatic heterocycles. The Labute approximate surface area is 344 Å². The van der Waals surface area contributed by atoms with E-state index in [9.17, 15) is 24.4 Å². The predicted molar refractivity (Wildman–Crippen MR) is 225 cm³/mol. The summed E-state index contributed by atoms with van der Waals surface area (Å²) in [5.74, 6) is -0.605. The van der Waals surface area contributed by atoms with Crippen molar-refractivity contribution < 1.29 is 24.4 Å². The smallest absolute Gasteiger partial charge is 0.313 e. The van der Waals surface area contributed by atoms with E-state index in [0.717, 1.165) is 38.7 Å². The van der Waals surface area contributed by atoms with Crippen molar-refractivity contribution in [3.05, 3.63) is 170 Å². The van der Waals surface area contributed by atoms with Crippen LogP contribution < -0.4 is 26.1 Å². The number of rotatable bonds is 4. The van der Waals surface area contributed by atoms with Crippen LogP contribution in [0.3, 0.4) is 0 Å². The van der Waals surface area contributed by atoms with Crippen LogP contribution >= 0.6 is 23.2 Å². The molecule has 0 aliphatic carbocycles. The molecule has 0 atom stereocenters. The van der Waals surface area contributed by atoms with Crippen molar-refractivity contribution in [2.24, 2.45) is 15.0 Å². The number of amides is 5. The van der Waals surface area contributed by atoms with Gasteiger partial charge in [-0.25, -0.2) is 14.9 Å². The number of hydrogen-bond donors (Lipinski definition) is 3. The topological polar surface area (TPSA) is 156 Å². The lowest BCUT2D eigenvalue weighted by atomic mass is 9.75. The number of benzodiazepines with no additional fused rings is 1. The van der Waals surface area contributed by atoms with Crippen LogP contribution in [0, 0.1) is 0 Å². The number of fused-ring (bicyclic) bond motifs is 2. The number of barbiturate groups is 1. The number of imide groups is 2. The predicted octanol–water partition coefficient (Wildman–Crippen LogP) is 5.70. The van der Waals surface area contributed by atoms with Crippen LogP contribution in [0.2, 0.25) is 10.0 Å². The molecular weight excluding hydrogens is 777 g/mol. The number of carbonyl (C=O) groups is 4.